The van der Waals surface area contributed by atoms with Gasteiger partial charge in [-0.3, -0.25) is 0 Å². The van der Waals surface area contributed by atoms with Crippen molar-refractivity contribution in [2.24, 2.45) is 0 Å². The zero-order valence-electron chi connectivity index (χ0n) is 7.92. The van der Waals surface area contributed by atoms with Crippen LogP contribution < -0.4 is 5.73 Å². The van der Waals surface area contributed by atoms with Gasteiger partial charge in [0.05, 0.1) is 0 Å². The average Bonchev–Trinajstić information content (AvgIpc) is 2.48. The lowest BCUT2D eigenvalue weighted by Crippen LogP contribution is -1.87. The van der Waals surface area contributed by atoms with Crippen LogP contribution in [0.2, 0.25) is 0 Å². The summed E-state index contributed by atoms with van der Waals surface area (Å²) in [5.74, 6) is 0. The van der Waals surface area contributed by atoms with Crippen molar-refractivity contribution in [3.05, 3.63) is 28.6 Å². The van der Waals surface area contributed by atoms with Crippen molar-refractivity contribution in [2.45, 2.75) is 20.3 Å². The van der Waals surface area contributed by atoms with Gasteiger partial charge in [-0.15, -0.1) is 11.3 Å². The summed E-state index contributed by atoms with van der Waals surface area (Å²) in [6, 6.07) is 6.50. The van der Waals surface area contributed by atoms with Crippen molar-refractivity contribution in [1.29, 1.82) is 0 Å². The van der Waals surface area contributed by atoms with Crippen molar-refractivity contribution in [1.82, 2.24) is 0 Å². The highest BCUT2D eigenvalue weighted by Gasteiger charge is 2.02. The summed E-state index contributed by atoms with van der Waals surface area (Å²) >= 11 is 1.84. The molecule has 1 heterocycles. The summed E-state index contributed by atoms with van der Waals surface area (Å²) in [5.41, 5.74) is 7.92. The van der Waals surface area contributed by atoms with Gasteiger partial charge in [-0.05, 0) is 42.5 Å². The Balaban J connectivity index is 2.70. The van der Waals surface area contributed by atoms with Crippen LogP contribution in [-0.4, -0.2) is 0 Å². The third-order valence-corrected chi connectivity index (χ3v) is 3.55. The van der Waals surface area contributed by atoms with Crippen molar-refractivity contribution < 1.29 is 0 Å². The van der Waals surface area contributed by atoms with Crippen molar-refractivity contribution in [2.75, 3.05) is 5.73 Å². The number of nitrogens with two attached hydrogens (primary N) is 1. The minimum Gasteiger partial charge on any atom is -0.398 e. The van der Waals surface area contributed by atoms with Crippen LogP contribution in [0.25, 0.3) is 10.1 Å². The number of rotatable bonds is 1. The smallest absolute Gasteiger partial charge is 0.0366 e. The van der Waals surface area contributed by atoms with Gasteiger partial charge in [0.15, 0.2) is 0 Å². The number of hydrogen-bond donors (Lipinski definition) is 1. The van der Waals surface area contributed by atoms with Crippen molar-refractivity contribution in [3.63, 3.8) is 0 Å². The molecule has 0 unspecified atom stereocenters. The number of thiophene rings is 1. The number of anilines is 1. The van der Waals surface area contributed by atoms with Gasteiger partial charge in [-0.2, -0.15) is 0 Å². The Morgan fingerprint density at radius 1 is 1.31 bits per heavy atom. The molecule has 0 amide bonds. The summed E-state index contributed by atoms with van der Waals surface area (Å²) in [4.78, 5) is 1.43. The van der Waals surface area contributed by atoms with Gasteiger partial charge in [0.1, 0.15) is 0 Å². The first kappa shape index (κ1) is 8.57. The quantitative estimate of drug-likeness (QED) is 0.687. The lowest BCUT2D eigenvalue weighted by atomic mass is 10.1. The standard InChI is InChI=1S/C11H13NS/c1-3-9-5-8-4-7(2)10(12)6-11(8)13-9/h4-6H,3,12H2,1-2H3. The van der Waals surface area contributed by atoms with E-state index in [1.807, 2.05) is 11.3 Å². The Hall–Kier alpha value is -1.02. The van der Waals surface area contributed by atoms with E-state index in [0.717, 1.165) is 12.1 Å². The molecule has 0 aliphatic heterocycles. The van der Waals surface area contributed by atoms with Crippen molar-refractivity contribution in [3.8, 4) is 0 Å². The third-order valence-electron chi connectivity index (χ3n) is 2.30. The van der Waals surface area contributed by atoms with E-state index >= 15 is 0 Å². The normalized spacial score (nSPS) is 10.9. The zero-order chi connectivity index (χ0) is 9.42. The van der Waals surface area contributed by atoms with Crippen LogP contribution >= 0.6 is 11.3 Å². The molecular formula is C11H13NS. The SMILES string of the molecule is CCc1cc2cc(C)c(N)cc2s1. The lowest BCUT2D eigenvalue weighted by molar-refractivity contribution is 1.19. The van der Waals surface area contributed by atoms with E-state index in [1.165, 1.54) is 20.5 Å². The Morgan fingerprint density at radius 3 is 2.77 bits per heavy atom. The van der Waals surface area contributed by atoms with Crippen LogP contribution in [0.5, 0.6) is 0 Å². The van der Waals surface area contributed by atoms with Gasteiger partial charge in [0.2, 0.25) is 0 Å². The molecule has 0 atom stereocenters. The van der Waals surface area contributed by atoms with E-state index in [0.29, 0.717) is 0 Å². The molecule has 1 nitrogen and oxygen atoms in total. The molecule has 0 bridgehead atoms. The molecular weight excluding hydrogens is 178 g/mol. The first-order valence-corrected chi connectivity index (χ1v) is 5.31. The van der Waals surface area contributed by atoms with Crippen LogP contribution in [0.1, 0.15) is 17.4 Å². The molecule has 0 spiro atoms. The Morgan fingerprint density at radius 2 is 2.08 bits per heavy atom. The number of fused-ring (bicyclic) bond motifs is 1. The minimum absolute atomic E-state index is 0.900. The summed E-state index contributed by atoms with van der Waals surface area (Å²) in [6.45, 7) is 4.24. The third kappa shape index (κ3) is 1.42. The molecule has 68 valence electrons. The second kappa shape index (κ2) is 3.04. The fraction of sp³-hybridized carbons (Fsp3) is 0.273. The van der Waals surface area contributed by atoms with Gasteiger partial charge in [0, 0.05) is 15.3 Å². The van der Waals surface area contributed by atoms with E-state index < -0.39 is 0 Å². The fourth-order valence-electron chi connectivity index (χ4n) is 1.45. The van der Waals surface area contributed by atoms with Gasteiger partial charge < -0.3 is 5.73 Å². The summed E-state index contributed by atoms with van der Waals surface area (Å²) in [5, 5.41) is 1.33. The highest BCUT2D eigenvalue weighted by molar-refractivity contribution is 7.19. The van der Waals surface area contributed by atoms with Crippen LogP contribution in [0.3, 0.4) is 0 Å². The van der Waals surface area contributed by atoms with E-state index in [-0.39, 0.29) is 0 Å². The van der Waals surface area contributed by atoms with E-state index in [1.54, 1.807) is 0 Å². The van der Waals surface area contributed by atoms with Gasteiger partial charge in [-0.25, -0.2) is 0 Å². The van der Waals surface area contributed by atoms with Crippen LogP contribution in [-0.2, 0) is 6.42 Å². The summed E-state index contributed by atoms with van der Waals surface area (Å²) in [6.07, 6.45) is 1.11. The second-order valence-electron chi connectivity index (χ2n) is 3.31. The highest BCUT2D eigenvalue weighted by atomic mass is 32.1. The molecule has 2 heteroatoms. The van der Waals surface area contributed by atoms with E-state index in [2.05, 4.69) is 32.0 Å². The molecule has 13 heavy (non-hydrogen) atoms. The number of nitrogen functional groups attached to an aromatic ring is 1. The maximum absolute atomic E-state index is 5.84. The Kier molecular flexibility index (Phi) is 2.00. The summed E-state index contributed by atoms with van der Waals surface area (Å²) < 4.78 is 1.31. The molecule has 0 saturated carbocycles. The summed E-state index contributed by atoms with van der Waals surface area (Å²) in [7, 11) is 0. The van der Waals surface area contributed by atoms with Gasteiger partial charge >= 0.3 is 0 Å². The number of aryl methyl sites for hydroxylation is 2. The number of benzene rings is 1. The topological polar surface area (TPSA) is 26.0 Å². The molecule has 2 rings (SSSR count). The van der Waals surface area contributed by atoms with Gasteiger partial charge in [-0.1, -0.05) is 6.92 Å². The largest absolute Gasteiger partial charge is 0.398 e. The molecule has 0 saturated heterocycles. The van der Waals surface area contributed by atoms with Crippen LogP contribution in [0.4, 0.5) is 5.69 Å². The maximum atomic E-state index is 5.84. The molecule has 0 fully saturated rings. The predicted octanol–water partition coefficient (Wildman–Crippen LogP) is 3.35. The van der Waals surface area contributed by atoms with Crippen LogP contribution in [0.15, 0.2) is 18.2 Å². The first-order valence-electron chi connectivity index (χ1n) is 4.49. The van der Waals surface area contributed by atoms with Crippen molar-refractivity contribution >= 4 is 27.1 Å². The van der Waals surface area contributed by atoms with Crippen LogP contribution in [0, 0.1) is 6.92 Å². The Labute approximate surface area is 82.2 Å². The molecule has 0 aliphatic rings. The first-order chi connectivity index (χ1) is 6.20. The highest BCUT2D eigenvalue weighted by Crippen LogP contribution is 2.29. The molecule has 2 aromatic rings. The molecule has 1 aromatic heterocycles. The van der Waals surface area contributed by atoms with Gasteiger partial charge in [0.25, 0.3) is 0 Å². The Bertz CT molecular complexity index is 404. The molecule has 2 N–H and O–H groups in total. The monoisotopic (exact) mass is 191 g/mol. The van der Waals surface area contributed by atoms with E-state index in [9.17, 15) is 0 Å². The molecule has 0 radical (unpaired) electrons. The molecule has 1 aromatic carbocycles. The van der Waals surface area contributed by atoms with E-state index in [4.69, 9.17) is 5.73 Å². The number of hydrogen-bond acceptors (Lipinski definition) is 2. The second-order valence-corrected chi connectivity index (χ2v) is 4.48. The zero-order valence-corrected chi connectivity index (χ0v) is 8.74. The lowest BCUT2D eigenvalue weighted by Gasteiger charge is -1.98. The minimum atomic E-state index is 0.900. The fourth-order valence-corrected chi connectivity index (χ4v) is 2.48. The molecule has 0 aliphatic carbocycles. The average molecular weight is 191 g/mol. The predicted molar refractivity (Wildman–Crippen MR) is 60.4 cm³/mol. The maximum Gasteiger partial charge on any atom is 0.0366 e.